The van der Waals surface area contributed by atoms with Crippen molar-refractivity contribution in [3.05, 3.63) is 59.9 Å². The molecule has 0 radical (unpaired) electrons. The zero-order valence-electron chi connectivity index (χ0n) is 14.0. The smallest absolute Gasteiger partial charge is 0.277 e. The summed E-state index contributed by atoms with van der Waals surface area (Å²) in [5.74, 6) is 0.683. The minimum Gasteiger partial charge on any atom is -0.411 e. The van der Waals surface area contributed by atoms with Crippen molar-refractivity contribution in [2.45, 2.75) is 18.7 Å². The van der Waals surface area contributed by atoms with Gasteiger partial charge in [-0.25, -0.2) is 0 Å². The molecular formula is C18H18N4O2S. The van der Waals surface area contributed by atoms with E-state index in [1.165, 1.54) is 17.3 Å². The second-order valence-corrected chi connectivity index (χ2v) is 6.50. The van der Waals surface area contributed by atoms with Crippen LogP contribution in [0.1, 0.15) is 11.1 Å². The fourth-order valence-electron chi connectivity index (χ4n) is 2.24. The molecule has 0 unspecified atom stereocenters. The van der Waals surface area contributed by atoms with E-state index in [2.05, 4.69) is 15.2 Å². The Morgan fingerprint density at radius 2 is 1.92 bits per heavy atom. The van der Waals surface area contributed by atoms with Crippen LogP contribution >= 0.6 is 11.8 Å². The Morgan fingerprint density at radius 1 is 1.16 bits per heavy atom. The number of carbonyl (C=O) groups is 1. The van der Waals surface area contributed by atoms with Crippen molar-refractivity contribution in [3.8, 4) is 11.5 Å². The van der Waals surface area contributed by atoms with E-state index in [0.717, 1.165) is 11.1 Å². The summed E-state index contributed by atoms with van der Waals surface area (Å²) >= 11 is 1.24. The van der Waals surface area contributed by atoms with Crippen molar-refractivity contribution in [3.63, 3.8) is 0 Å². The quantitative estimate of drug-likeness (QED) is 0.633. The van der Waals surface area contributed by atoms with E-state index in [9.17, 15) is 4.79 Å². The highest BCUT2D eigenvalue weighted by Gasteiger charge is 2.14. The fraction of sp³-hybridized carbons (Fsp3) is 0.222. The lowest BCUT2D eigenvalue weighted by Crippen LogP contribution is -2.28. The van der Waals surface area contributed by atoms with Crippen LogP contribution in [0.2, 0.25) is 0 Å². The maximum Gasteiger partial charge on any atom is 0.277 e. The summed E-state index contributed by atoms with van der Waals surface area (Å²) < 4.78 is 5.58. The molecule has 2 heterocycles. The monoisotopic (exact) mass is 354 g/mol. The molecule has 0 N–H and O–H groups in total. The first-order chi connectivity index (χ1) is 12.1. The molecule has 1 amide bonds. The van der Waals surface area contributed by atoms with Crippen LogP contribution in [0, 0.1) is 6.92 Å². The van der Waals surface area contributed by atoms with E-state index < -0.39 is 0 Å². The number of nitrogens with zero attached hydrogens (tertiary/aromatic N) is 4. The van der Waals surface area contributed by atoms with Gasteiger partial charge in [0.25, 0.3) is 5.22 Å². The average molecular weight is 354 g/mol. The maximum absolute atomic E-state index is 12.3. The minimum absolute atomic E-state index is 0.0110. The van der Waals surface area contributed by atoms with Crippen LogP contribution in [0.3, 0.4) is 0 Å². The normalized spacial score (nSPS) is 10.6. The lowest BCUT2D eigenvalue weighted by atomic mass is 10.1. The number of benzene rings is 1. The third kappa shape index (κ3) is 4.45. The van der Waals surface area contributed by atoms with E-state index in [-0.39, 0.29) is 11.7 Å². The second-order valence-electron chi connectivity index (χ2n) is 5.57. The molecule has 0 saturated heterocycles. The summed E-state index contributed by atoms with van der Waals surface area (Å²) in [5.41, 5.74) is 3.12. The molecule has 1 aromatic carbocycles. The molecule has 0 saturated carbocycles. The van der Waals surface area contributed by atoms with Gasteiger partial charge in [-0.3, -0.25) is 9.78 Å². The van der Waals surface area contributed by atoms with E-state index in [0.29, 0.717) is 17.7 Å². The van der Waals surface area contributed by atoms with Crippen LogP contribution < -0.4 is 0 Å². The Morgan fingerprint density at radius 3 is 2.68 bits per heavy atom. The molecule has 7 heteroatoms. The standard InChI is InChI=1S/C18H18N4O2S/c1-13-5-3-4-6-15(13)11-22(2)16(23)12-25-18-21-20-17(24-18)14-7-9-19-10-8-14/h3-10H,11-12H2,1-2H3. The Hall–Kier alpha value is -2.67. The molecule has 0 fully saturated rings. The highest BCUT2D eigenvalue weighted by Crippen LogP contribution is 2.23. The number of pyridine rings is 1. The Bertz CT molecular complexity index is 851. The van der Waals surface area contributed by atoms with E-state index in [1.807, 2.05) is 31.2 Å². The molecule has 6 nitrogen and oxygen atoms in total. The van der Waals surface area contributed by atoms with Gasteiger partial charge in [0.05, 0.1) is 5.75 Å². The molecule has 0 aliphatic heterocycles. The van der Waals surface area contributed by atoms with Crippen molar-refractivity contribution in [2.24, 2.45) is 0 Å². The van der Waals surface area contributed by atoms with E-state index in [4.69, 9.17) is 4.42 Å². The molecule has 0 bridgehead atoms. The molecule has 0 atom stereocenters. The maximum atomic E-state index is 12.3. The van der Waals surface area contributed by atoms with Crippen LogP contribution in [0.15, 0.2) is 58.4 Å². The van der Waals surface area contributed by atoms with Gasteiger partial charge in [0.2, 0.25) is 11.8 Å². The molecule has 2 aromatic heterocycles. The number of rotatable bonds is 6. The van der Waals surface area contributed by atoms with Crippen LogP contribution in [-0.2, 0) is 11.3 Å². The van der Waals surface area contributed by atoms with Crippen molar-refractivity contribution in [1.29, 1.82) is 0 Å². The summed E-state index contributed by atoms with van der Waals surface area (Å²) in [7, 11) is 1.80. The van der Waals surface area contributed by atoms with Crippen LogP contribution in [0.4, 0.5) is 0 Å². The largest absolute Gasteiger partial charge is 0.411 e. The summed E-state index contributed by atoms with van der Waals surface area (Å²) in [6.07, 6.45) is 3.33. The molecule has 3 rings (SSSR count). The van der Waals surface area contributed by atoms with Crippen molar-refractivity contribution in [1.82, 2.24) is 20.1 Å². The van der Waals surface area contributed by atoms with Crippen LogP contribution in [0.5, 0.6) is 0 Å². The molecule has 0 aliphatic carbocycles. The Kier molecular flexibility index (Phi) is 5.45. The highest BCUT2D eigenvalue weighted by molar-refractivity contribution is 7.99. The predicted octanol–water partition coefficient (Wildman–Crippen LogP) is 3.19. The average Bonchev–Trinajstić information content (AvgIpc) is 3.11. The third-order valence-corrected chi connectivity index (χ3v) is 4.55. The summed E-state index contributed by atoms with van der Waals surface area (Å²) in [6.45, 7) is 2.62. The van der Waals surface area contributed by atoms with Gasteiger partial charge in [0, 0.05) is 31.5 Å². The van der Waals surface area contributed by atoms with Crippen LogP contribution in [-0.4, -0.2) is 38.8 Å². The number of hydrogen-bond acceptors (Lipinski definition) is 6. The van der Waals surface area contributed by atoms with Crippen LogP contribution in [0.25, 0.3) is 11.5 Å². The van der Waals surface area contributed by atoms with E-state index in [1.54, 1.807) is 36.5 Å². The number of aromatic nitrogens is 3. The summed E-state index contributed by atoms with van der Waals surface area (Å²) in [5, 5.41) is 8.35. The molecule has 3 aromatic rings. The Labute approximate surface area is 150 Å². The van der Waals surface area contributed by atoms with Crippen molar-refractivity contribution < 1.29 is 9.21 Å². The minimum atomic E-state index is 0.0110. The van der Waals surface area contributed by atoms with E-state index >= 15 is 0 Å². The van der Waals surface area contributed by atoms with Gasteiger partial charge in [0.1, 0.15) is 0 Å². The first kappa shape index (κ1) is 17.2. The highest BCUT2D eigenvalue weighted by atomic mass is 32.2. The second kappa shape index (κ2) is 7.94. The zero-order valence-corrected chi connectivity index (χ0v) is 14.9. The molecule has 128 valence electrons. The van der Waals surface area contributed by atoms with Gasteiger partial charge >= 0.3 is 0 Å². The zero-order chi connectivity index (χ0) is 17.6. The number of carbonyl (C=O) groups excluding carboxylic acids is 1. The van der Waals surface area contributed by atoms with Crippen molar-refractivity contribution >= 4 is 17.7 Å². The van der Waals surface area contributed by atoms with Gasteiger partial charge in [-0.2, -0.15) is 0 Å². The summed E-state index contributed by atoms with van der Waals surface area (Å²) in [4.78, 5) is 18.0. The van der Waals surface area contributed by atoms with Crippen molar-refractivity contribution in [2.75, 3.05) is 12.8 Å². The number of hydrogen-bond donors (Lipinski definition) is 0. The third-order valence-electron chi connectivity index (χ3n) is 3.75. The lowest BCUT2D eigenvalue weighted by molar-refractivity contribution is -0.127. The summed E-state index contributed by atoms with van der Waals surface area (Å²) in [6, 6.07) is 11.6. The van der Waals surface area contributed by atoms with Gasteiger partial charge in [-0.05, 0) is 30.2 Å². The topological polar surface area (TPSA) is 72.1 Å². The number of aryl methyl sites for hydroxylation is 1. The molecule has 0 spiro atoms. The van der Waals surface area contributed by atoms with Gasteiger partial charge in [-0.1, -0.05) is 36.0 Å². The first-order valence-corrected chi connectivity index (χ1v) is 8.77. The lowest BCUT2D eigenvalue weighted by Gasteiger charge is -2.17. The molecule has 0 aliphatic rings. The predicted molar refractivity (Wildman–Crippen MR) is 95.9 cm³/mol. The number of amides is 1. The Balaban J connectivity index is 1.55. The van der Waals surface area contributed by atoms with Gasteiger partial charge < -0.3 is 9.32 Å². The molecule has 25 heavy (non-hydrogen) atoms. The SMILES string of the molecule is Cc1ccccc1CN(C)C(=O)CSc1nnc(-c2ccncc2)o1. The fourth-order valence-corrected chi connectivity index (χ4v) is 2.95. The van der Waals surface area contributed by atoms with Gasteiger partial charge in [0.15, 0.2) is 0 Å². The van der Waals surface area contributed by atoms with Gasteiger partial charge in [-0.15, -0.1) is 10.2 Å². The number of thioether (sulfide) groups is 1. The first-order valence-electron chi connectivity index (χ1n) is 7.78. The molecular weight excluding hydrogens is 336 g/mol.